The van der Waals surface area contributed by atoms with Crippen LogP contribution in [0.25, 0.3) is 0 Å². The first-order valence-corrected chi connectivity index (χ1v) is 6.99. The van der Waals surface area contributed by atoms with Crippen LogP contribution in [0.2, 0.25) is 0 Å². The Morgan fingerprint density at radius 1 is 1.33 bits per heavy atom. The zero-order valence-electron chi connectivity index (χ0n) is 11.2. The average Bonchev–Trinajstić information content (AvgIpc) is 2.43. The van der Waals surface area contributed by atoms with Gasteiger partial charge in [-0.25, -0.2) is 4.79 Å². The molecule has 0 saturated carbocycles. The number of halogens is 1. The molecule has 0 heterocycles. The van der Waals surface area contributed by atoms with Crippen molar-refractivity contribution >= 4 is 17.6 Å². The number of hydrogen-bond acceptors (Lipinski definition) is 4. The number of aliphatic carboxylic acids is 1. The van der Waals surface area contributed by atoms with Crippen LogP contribution in [-0.2, 0) is 11.2 Å². The van der Waals surface area contributed by atoms with E-state index >= 15 is 0 Å². The number of carboxylic acids is 1. The van der Waals surface area contributed by atoms with E-state index in [0.717, 1.165) is 11.6 Å². The standard InChI is InChI=1S/C15H17ClO5/c16-11(6-9-4-2-1-3-5-9)10-7-15(21,14(19)20)8-12(17)13(10)18/h1-5,7,11-13,17-18,21H,6,8H2,(H,19,20)/t11-,12-,13-,15+/m1/s1. The van der Waals surface area contributed by atoms with Crippen LogP contribution in [0.5, 0.6) is 0 Å². The summed E-state index contributed by atoms with van der Waals surface area (Å²) in [7, 11) is 0. The monoisotopic (exact) mass is 312 g/mol. The molecule has 4 N–H and O–H groups in total. The Labute approximate surface area is 127 Å². The highest BCUT2D eigenvalue weighted by Crippen LogP contribution is 2.32. The van der Waals surface area contributed by atoms with Crippen molar-refractivity contribution in [1.82, 2.24) is 0 Å². The van der Waals surface area contributed by atoms with Gasteiger partial charge >= 0.3 is 5.97 Å². The number of aliphatic hydroxyl groups excluding tert-OH is 2. The summed E-state index contributed by atoms with van der Waals surface area (Å²) in [6.07, 6.45) is -1.72. The van der Waals surface area contributed by atoms with Crippen LogP contribution in [0, 0.1) is 0 Å². The summed E-state index contributed by atoms with van der Waals surface area (Å²) in [6, 6.07) is 9.24. The molecule has 4 atom stereocenters. The highest BCUT2D eigenvalue weighted by Gasteiger charge is 2.44. The van der Waals surface area contributed by atoms with Gasteiger partial charge in [-0.3, -0.25) is 0 Å². The van der Waals surface area contributed by atoms with Gasteiger partial charge in [0.1, 0.15) is 6.10 Å². The molecule has 2 rings (SSSR count). The van der Waals surface area contributed by atoms with Gasteiger partial charge in [0, 0.05) is 6.42 Å². The van der Waals surface area contributed by atoms with Gasteiger partial charge in [-0.1, -0.05) is 30.3 Å². The van der Waals surface area contributed by atoms with E-state index < -0.39 is 35.6 Å². The second-order valence-electron chi connectivity index (χ2n) is 5.25. The van der Waals surface area contributed by atoms with Crippen LogP contribution >= 0.6 is 11.6 Å². The number of alkyl halides is 1. The smallest absolute Gasteiger partial charge is 0.339 e. The van der Waals surface area contributed by atoms with Gasteiger partial charge in [0.05, 0.1) is 11.5 Å². The van der Waals surface area contributed by atoms with E-state index in [1.807, 2.05) is 30.3 Å². The van der Waals surface area contributed by atoms with Crippen molar-refractivity contribution in [2.24, 2.45) is 0 Å². The molecule has 1 aromatic rings. The third-order valence-corrected chi connectivity index (χ3v) is 4.03. The minimum atomic E-state index is -2.21. The topological polar surface area (TPSA) is 98.0 Å². The van der Waals surface area contributed by atoms with Gasteiger partial charge in [0.25, 0.3) is 0 Å². The summed E-state index contributed by atoms with van der Waals surface area (Å²) < 4.78 is 0. The summed E-state index contributed by atoms with van der Waals surface area (Å²) >= 11 is 6.24. The first-order valence-electron chi connectivity index (χ1n) is 6.56. The summed E-state index contributed by atoms with van der Waals surface area (Å²) in [5.41, 5.74) is -1.17. The van der Waals surface area contributed by atoms with Crippen LogP contribution in [0.15, 0.2) is 42.0 Å². The van der Waals surface area contributed by atoms with Gasteiger partial charge in [-0.15, -0.1) is 11.6 Å². The third kappa shape index (κ3) is 3.44. The van der Waals surface area contributed by atoms with Gasteiger partial charge < -0.3 is 20.4 Å². The maximum Gasteiger partial charge on any atom is 0.339 e. The van der Waals surface area contributed by atoms with Crippen LogP contribution in [-0.4, -0.2) is 49.6 Å². The Morgan fingerprint density at radius 2 is 1.95 bits per heavy atom. The number of hydrogen-bond donors (Lipinski definition) is 4. The van der Waals surface area contributed by atoms with Gasteiger partial charge in [-0.2, -0.15) is 0 Å². The van der Waals surface area contributed by atoms with E-state index in [0.29, 0.717) is 6.42 Å². The van der Waals surface area contributed by atoms with Crippen molar-refractivity contribution in [2.75, 3.05) is 0 Å². The molecule has 1 aromatic carbocycles. The Hall–Kier alpha value is -1.40. The molecule has 0 unspecified atom stereocenters. The van der Waals surface area contributed by atoms with E-state index in [9.17, 15) is 20.1 Å². The lowest BCUT2D eigenvalue weighted by molar-refractivity contribution is -0.158. The fourth-order valence-electron chi connectivity index (χ4n) is 2.44. The number of rotatable bonds is 4. The first-order chi connectivity index (χ1) is 9.83. The number of aliphatic hydroxyl groups is 3. The number of benzene rings is 1. The van der Waals surface area contributed by atoms with E-state index in [2.05, 4.69) is 0 Å². The van der Waals surface area contributed by atoms with Crippen molar-refractivity contribution in [3.05, 3.63) is 47.5 Å². The Morgan fingerprint density at radius 3 is 2.52 bits per heavy atom. The van der Waals surface area contributed by atoms with E-state index in [1.54, 1.807) is 0 Å². The van der Waals surface area contributed by atoms with Gasteiger partial charge in [0.2, 0.25) is 0 Å². The number of carbonyl (C=O) groups is 1. The molecule has 0 amide bonds. The predicted octanol–water partition coefficient (Wildman–Crippen LogP) is 0.704. The molecule has 5 nitrogen and oxygen atoms in total. The summed E-state index contributed by atoms with van der Waals surface area (Å²) in [5.74, 6) is -1.48. The molecule has 0 aromatic heterocycles. The molecule has 1 aliphatic carbocycles. The van der Waals surface area contributed by atoms with Crippen molar-refractivity contribution in [1.29, 1.82) is 0 Å². The molecule has 0 spiro atoms. The molecular formula is C15H17ClO5. The van der Waals surface area contributed by atoms with Crippen molar-refractivity contribution < 1.29 is 25.2 Å². The van der Waals surface area contributed by atoms with Gasteiger partial charge in [-0.05, 0) is 23.6 Å². The summed E-state index contributed by atoms with van der Waals surface area (Å²) in [6.45, 7) is 0. The SMILES string of the molecule is O=C(O)[C@]1(O)C=C([C@H](Cl)Cc2ccccc2)[C@@H](O)[C@H](O)C1. The lowest BCUT2D eigenvalue weighted by Crippen LogP contribution is -2.49. The molecule has 6 heteroatoms. The molecule has 0 aliphatic heterocycles. The minimum Gasteiger partial charge on any atom is -0.479 e. The minimum absolute atomic E-state index is 0.129. The van der Waals surface area contributed by atoms with E-state index in [-0.39, 0.29) is 5.57 Å². The average molecular weight is 313 g/mol. The highest BCUT2D eigenvalue weighted by atomic mass is 35.5. The Bertz CT molecular complexity index is 544. The summed E-state index contributed by atoms with van der Waals surface area (Å²) in [5, 5.41) is 38.1. The van der Waals surface area contributed by atoms with Crippen molar-refractivity contribution in [2.45, 2.75) is 36.0 Å². The second-order valence-corrected chi connectivity index (χ2v) is 5.77. The fourth-order valence-corrected chi connectivity index (χ4v) is 2.81. The van der Waals surface area contributed by atoms with Crippen LogP contribution < -0.4 is 0 Å². The maximum absolute atomic E-state index is 11.1. The Balaban J connectivity index is 2.26. The largest absolute Gasteiger partial charge is 0.479 e. The Kier molecular flexibility index (Phi) is 4.68. The molecule has 0 bridgehead atoms. The van der Waals surface area contributed by atoms with Crippen molar-refractivity contribution in [3.63, 3.8) is 0 Å². The normalized spacial score (nSPS) is 30.6. The van der Waals surface area contributed by atoms with Crippen LogP contribution in [0.4, 0.5) is 0 Å². The van der Waals surface area contributed by atoms with Gasteiger partial charge in [0.15, 0.2) is 5.60 Å². The number of carboxylic acid groups (broad SMARTS) is 1. The van der Waals surface area contributed by atoms with Crippen LogP contribution in [0.1, 0.15) is 12.0 Å². The molecule has 0 fully saturated rings. The molecule has 114 valence electrons. The fraction of sp³-hybridized carbons (Fsp3) is 0.400. The molecule has 0 radical (unpaired) electrons. The van der Waals surface area contributed by atoms with Crippen LogP contribution in [0.3, 0.4) is 0 Å². The lowest BCUT2D eigenvalue weighted by Gasteiger charge is -2.35. The first kappa shape index (κ1) is 16.0. The zero-order chi connectivity index (χ0) is 15.6. The van der Waals surface area contributed by atoms with E-state index in [4.69, 9.17) is 16.7 Å². The molecule has 0 saturated heterocycles. The zero-order valence-corrected chi connectivity index (χ0v) is 11.9. The quantitative estimate of drug-likeness (QED) is 0.485. The maximum atomic E-state index is 11.1. The highest BCUT2D eigenvalue weighted by molar-refractivity contribution is 6.22. The second kappa shape index (κ2) is 6.15. The van der Waals surface area contributed by atoms with Crippen molar-refractivity contribution in [3.8, 4) is 0 Å². The lowest BCUT2D eigenvalue weighted by atomic mass is 9.81. The molecule has 21 heavy (non-hydrogen) atoms. The molecule has 1 aliphatic rings. The molecular weight excluding hydrogens is 296 g/mol. The summed E-state index contributed by atoms with van der Waals surface area (Å²) in [4.78, 5) is 11.1. The third-order valence-electron chi connectivity index (χ3n) is 3.62. The van der Waals surface area contributed by atoms with E-state index in [1.165, 1.54) is 0 Å². The predicted molar refractivity (Wildman–Crippen MR) is 77.1 cm³/mol.